The van der Waals surface area contributed by atoms with E-state index in [0.717, 1.165) is 18.5 Å². The first kappa shape index (κ1) is 8.01. The summed E-state index contributed by atoms with van der Waals surface area (Å²) in [5, 5.41) is 0. The van der Waals surface area contributed by atoms with E-state index in [9.17, 15) is 4.79 Å². The standard InChI is InChI=1S/C8H12N2OS/c1-5-6(12-7(11)10-5)8(4-9)2-3-8/h2-4,9H2,1H3,(H,10,11). The fourth-order valence-corrected chi connectivity index (χ4v) is 2.68. The lowest BCUT2D eigenvalue weighted by molar-refractivity contribution is 0.712. The molecule has 4 heteroatoms. The normalized spacial score (nSPS) is 19.5. The van der Waals surface area contributed by atoms with Crippen LogP contribution in [0.5, 0.6) is 0 Å². The highest BCUT2D eigenvalue weighted by Gasteiger charge is 2.45. The first-order valence-electron chi connectivity index (χ1n) is 4.08. The molecular weight excluding hydrogens is 172 g/mol. The number of thiazole rings is 1. The zero-order chi connectivity index (χ0) is 8.77. The van der Waals surface area contributed by atoms with Crippen molar-refractivity contribution in [3.05, 3.63) is 20.2 Å². The van der Waals surface area contributed by atoms with Crippen LogP contribution >= 0.6 is 11.3 Å². The van der Waals surface area contributed by atoms with E-state index in [2.05, 4.69) is 4.98 Å². The summed E-state index contributed by atoms with van der Waals surface area (Å²) in [6, 6.07) is 0. The van der Waals surface area contributed by atoms with Gasteiger partial charge in [0.1, 0.15) is 0 Å². The minimum atomic E-state index is 0.0437. The Balaban J connectivity index is 2.46. The molecule has 3 nitrogen and oxygen atoms in total. The second-order valence-electron chi connectivity index (χ2n) is 3.45. The predicted molar refractivity (Wildman–Crippen MR) is 49.6 cm³/mol. The Labute approximate surface area is 74.6 Å². The SMILES string of the molecule is Cc1[nH]c(=O)sc1C1(CN)CC1. The van der Waals surface area contributed by atoms with Crippen LogP contribution in [0.2, 0.25) is 0 Å². The van der Waals surface area contributed by atoms with Gasteiger partial charge in [0.25, 0.3) is 0 Å². The van der Waals surface area contributed by atoms with Gasteiger partial charge in [-0.05, 0) is 19.8 Å². The minimum Gasteiger partial charge on any atom is -0.330 e. The van der Waals surface area contributed by atoms with Gasteiger partial charge in [-0.1, -0.05) is 11.3 Å². The van der Waals surface area contributed by atoms with E-state index < -0.39 is 0 Å². The Bertz CT molecular complexity index is 348. The zero-order valence-electron chi connectivity index (χ0n) is 7.02. The largest absolute Gasteiger partial charge is 0.330 e. The summed E-state index contributed by atoms with van der Waals surface area (Å²) >= 11 is 1.32. The molecule has 1 saturated carbocycles. The summed E-state index contributed by atoms with van der Waals surface area (Å²) in [5.74, 6) is 0. The molecule has 0 amide bonds. The number of rotatable bonds is 2. The third-order valence-electron chi connectivity index (χ3n) is 2.55. The van der Waals surface area contributed by atoms with Crippen molar-refractivity contribution in [3.63, 3.8) is 0 Å². The van der Waals surface area contributed by atoms with Crippen LogP contribution in [0.25, 0.3) is 0 Å². The molecule has 66 valence electrons. The molecule has 1 aromatic rings. The van der Waals surface area contributed by atoms with Gasteiger partial charge in [-0.2, -0.15) is 0 Å². The predicted octanol–water partition coefficient (Wildman–Crippen LogP) is 0.735. The molecule has 0 unspecified atom stereocenters. The van der Waals surface area contributed by atoms with Crippen LogP contribution in [0, 0.1) is 6.92 Å². The van der Waals surface area contributed by atoms with Gasteiger partial charge < -0.3 is 10.7 Å². The van der Waals surface area contributed by atoms with E-state index in [-0.39, 0.29) is 10.3 Å². The van der Waals surface area contributed by atoms with Crippen molar-refractivity contribution in [2.24, 2.45) is 5.73 Å². The van der Waals surface area contributed by atoms with Crippen molar-refractivity contribution >= 4 is 11.3 Å². The van der Waals surface area contributed by atoms with Gasteiger partial charge in [0.15, 0.2) is 0 Å². The van der Waals surface area contributed by atoms with Crippen LogP contribution in [0.1, 0.15) is 23.4 Å². The number of nitrogens with two attached hydrogens (primary N) is 1. The highest BCUT2D eigenvalue weighted by molar-refractivity contribution is 7.09. The quantitative estimate of drug-likeness (QED) is 0.712. The molecule has 0 saturated heterocycles. The number of hydrogen-bond acceptors (Lipinski definition) is 3. The Morgan fingerprint density at radius 3 is 2.67 bits per heavy atom. The van der Waals surface area contributed by atoms with E-state index in [4.69, 9.17) is 5.73 Å². The van der Waals surface area contributed by atoms with Gasteiger partial charge in [-0.15, -0.1) is 0 Å². The molecule has 0 aromatic carbocycles. The maximum Gasteiger partial charge on any atom is 0.304 e. The molecule has 12 heavy (non-hydrogen) atoms. The molecule has 0 aliphatic heterocycles. The lowest BCUT2D eigenvalue weighted by Gasteiger charge is -2.09. The van der Waals surface area contributed by atoms with Crippen molar-refractivity contribution in [1.82, 2.24) is 4.98 Å². The smallest absolute Gasteiger partial charge is 0.304 e. The van der Waals surface area contributed by atoms with E-state index in [1.54, 1.807) is 0 Å². The van der Waals surface area contributed by atoms with Crippen molar-refractivity contribution in [2.45, 2.75) is 25.2 Å². The Hall–Kier alpha value is -0.610. The highest BCUT2D eigenvalue weighted by Crippen LogP contribution is 2.49. The van der Waals surface area contributed by atoms with Gasteiger partial charge in [0.2, 0.25) is 0 Å². The van der Waals surface area contributed by atoms with Crippen LogP contribution in [0.4, 0.5) is 0 Å². The van der Waals surface area contributed by atoms with E-state index >= 15 is 0 Å². The van der Waals surface area contributed by atoms with E-state index in [1.165, 1.54) is 16.2 Å². The van der Waals surface area contributed by atoms with Gasteiger partial charge in [0.05, 0.1) is 0 Å². The number of aryl methyl sites for hydroxylation is 1. The maximum atomic E-state index is 11.0. The average Bonchev–Trinajstić information content (AvgIpc) is 2.74. The molecule has 3 N–H and O–H groups in total. The Morgan fingerprint density at radius 1 is 1.67 bits per heavy atom. The third kappa shape index (κ3) is 1.03. The summed E-state index contributed by atoms with van der Waals surface area (Å²) in [4.78, 5) is 15.0. The second-order valence-corrected chi connectivity index (χ2v) is 4.44. The first-order valence-corrected chi connectivity index (χ1v) is 4.90. The molecule has 2 rings (SSSR count). The number of aromatic nitrogens is 1. The third-order valence-corrected chi connectivity index (χ3v) is 3.78. The van der Waals surface area contributed by atoms with E-state index in [1.807, 2.05) is 6.92 Å². The molecular formula is C8H12N2OS. The molecule has 1 heterocycles. The topological polar surface area (TPSA) is 58.9 Å². The van der Waals surface area contributed by atoms with Gasteiger partial charge >= 0.3 is 4.87 Å². The summed E-state index contributed by atoms with van der Waals surface area (Å²) in [6.07, 6.45) is 2.27. The first-order chi connectivity index (χ1) is 5.68. The van der Waals surface area contributed by atoms with Crippen molar-refractivity contribution in [2.75, 3.05) is 6.54 Å². The number of nitrogens with one attached hydrogen (secondary N) is 1. The molecule has 0 radical (unpaired) electrons. The minimum absolute atomic E-state index is 0.0437. The Kier molecular flexibility index (Phi) is 1.63. The molecule has 1 aliphatic carbocycles. The summed E-state index contributed by atoms with van der Waals surface area (Å²) in [5.41, 5.74) is 6.84. The average molecular weight is 184 g/mol. The van der Waals surface area contributed by atoms with Crippen LogP contribution in [-0.2, 0) is 5.41 Å². The van der Waals surface area contributed by atoms with Crippen LogP contribution in [0.15, 0.2) is 4.79 Å². The van der Waals surface area contributed by atoms with Crippen LogP contribution < -0.4 is 10.6 Å². The van der Waals surface area contributed by atoms with E-state index in [0.29, 0.717) is 6.54 Å². The molecule has 1 aromatic heterocycles. The molecule has 0 bridgehead atoms. The monoisotopic (exact) mass is 184 g/mol. The molecule has 0 atom stereocenters. The van der Waals surface area contributed by atoms with Crippen molar-refractivity contribution in [3.8, 4) is 0 Å². The number of H-pyrrole nitrogens is 1. The number of aromatic amines is 1. The van der Waals surface area contributed by atoms with Crippen molar-refractivity contribution in [1.29, 1.82) is 0 Å². The number of hydrogen-bond donors (Lipinski definition) is 2. The molecule has 0 spiro atoms. The highest BCUT2D eigenvalue weighted by atomic mass is 32.1. The fraction of sp³-hybridized carbons (Fsp3) is 0.625. The Morgan fingerprint density at radius 2 is 2.33 bits per heavy atom. The van der Waals surface area contributed by atoms with Crippen LogP contribution in [-0.4, -0.2) is 11.5 Å². The van der Waals surface area contributed by atoms with Gasteiger partial charge in [-0.3, -0.25) is 4.79 Å². The lowest BCUT2D eigenvalue weighted by atomic mass is 10.0. The summed E-state index contributed by atoms with van der Waals surface area (Å²) in [6.45, 7) is 2.62. The molecule has 1 aliphatic rings. The van der Waals surface area contributed by atoms with Crippen LogP contribution in [0.3, 0.4) is 0 Å². The lowest BCUT2D eigenvalue weighted by Crippen LogP contribution is -2.19. The zero-order valence-corrected chi connectivity index (χ0v) is 7.83. The van der Waals surface area contributed by atoms with Gasteiger partial charge in [-0.25, -0.2) is 0 Å². The maximum absolute atomic E-state index is 11.0. The van der Waals surface area contributed by atoms with Crippen molar-refractivity contribution < 1.29 is 0 Å². The summed E-state index contributed by atoms with van der Waals surface area (Å²) < 4.78 is 0. The summed E-state index contributed by atoms with van der Waals surface area (Å²) in [7, 11) is 0. The van der Waals surface area contributed by atoms with Gasteiger partial charge in [0, 0.05) is 22.5 Å². The fourth-order valence-electron chi connectivity index (χ4n) is 1.59. The second kappa shape index (κ2) is 2.44. The molecule has 1 fully saturated rings.